The maximum absolute atomic E-state index is 13.2. The topological polar surface area (TPSA) is 85.4 Å². The molecule has 4 rings (SSSR count). The first-order valence-corrected chi connectivity index (χ1v) is 10.8. The first-order chi connectivity index (χ1) is 16.0. The lowest BCUT2D eigenvalue weighted by Crippen LogP contribution is -2.26. The van der Waals surface area contributed by atoms with Crippen LogP contribution in [0.15, 0.2) is 71.5 Å². The highest BCUT2D eigenvalue weighted by molar-refractivity contribution is 7.71. The van der Waals surface area contributed by atoms with E-state index in [2.05, 4.69) is 10.3 Å². The highest BCUT2D eigenvalue weighted by atomic mass is 32.1. The Balaban J connectivity index is 1.62. The van der Waals surface area contributed by atoms with Crippen molar-refractivity contribution in [3.8, 4) is 17.2 Å². The molecule has 1 amide bonds. The number of rotatable bonds is 7. The Morgan fingerprint density at radius 2 is 1.76 bits per heavy atom. The van der Waals surface area contributed by atoms with Gasteiger partial charge in [0.25, 0.3) is 11.5 Å². The molecule has 0 saturated carbocycles. The van der Waals surface area contributed by atoms with Gasteiger partial charge in [-0.2, -0.15) is 0 Å². The smallest absolute Gasteiger partial charge is 0.266 e. The summed E-state index contributed by atoms with van der Waals surface area (Å²) < 4.78 is 12.2. The van der Waals surface area contributed by atoms with Crippen molar-refractivity contribution < 1.29 is 14.3 Å². The largest absolute Gasteiger partial charge is 0.493 e. The Kier molecular flexibility index (Phi) is 6.55. The number of hydrogen-bond donors (Lipinski definition) is 2. The van der Waals surface area contributed by atoms with E-state index in [0.717, 1.165) is 12.0 Å². The SMILES string of the molecule is COc1ccc(-n2c(=S)[nH]c3cc(C(=O)NCCc4ccccc4)ccc3c2=O)cc1OC. The normalized spacial score (nSPS) is 10.7. The molecule has 7 nitrogen and oxygen atoms in total. The summed E-state index contributed by atoms with van der Waals surface area (Å²) in [6.07, 6.45) is 0.735. The predicted molar refractivity (Wildman–Crippen MR) is 130 cm³/mol. The molecule has 33 heavy (non-hydrogen) atoms. The number of fused-ring (bicyclic) bond motifs is 1. The van der Waals surface area contributed by atoms with Crippen LogP contribution in [0.2, 0.25) is 0 Å². The quantitative estimate of drug-likeness (QED) is 0.406. The molecule has 0 bridgehead atoms. The fraction of sp³-hybridized carbons (Fsp3) is 0.160. The molecule has 0 fully saturated rings. The molecule has 0 radical (unpaired) electrons. The summed E-state index contributed by atoms with van der Waals surface area (Å²) in [4.78, 5) is 28.9. The molecule has 0 unspecified atom stereocenters. The first-order valence-electron chi connectivity index (χ1n) is 10.4. The highest BCUT2D eigenvalue weighted by Gasteiger charge is 2.13. The third-order valence-electron chi connectivity index (χ3n) is 5.33. The van der Waals surface area contributed by atoms with Crippen molar-refractivity contribution >= 4 is 29.0 Å². The fourth-order valence-electron chi connectivity index (χ4n) is 3.62. The number of H-pyrrole nitrogens is 1. The van der Waals surface area contributed by atoms with Crippen LogP contribution in [0.4, 0.5) is 0 Å². The van der Waals surface area contributed by atoms with Crippen molar-refractivity contribution in [3.05, 3.63) is 93.0 Å². The number of nitrogens with zero attached hydrogens (tertiary/aromatic N) is 1. The van der Waals surface area contributed by atoms with E-state index in [0.29, 0.717) is 40.2 Å². The summed E-state index contributed by atoms with van der Waals surface area (Å²) in [5, 5.41) is 3.33. The van der Waals surface area contributed by atoms with Crippen LogP contribution in [0, 0.1) is 4.77 Å². The molecule has 0 aliphatic heterocycles. The van der Waals surface area contributed by atoms with Gasteiger partial charge < -0.3 is 19.8 Å². The number of aromatic nitrogens is 2. The fourth-order valence-corrected chi connectivity index (χ4v) is 3.92. The monoisotopic (exact) mass is 461 g/mol. The Labute approximate surface area is 195 Å². The van der Waals surface area contributed by atoms with Crippen molar-refractivity contribution in [1.29, 1.82) is 0 Å². The van der Waals surface area contributed by atoms with Crippen LogP contribution in [0.25, 0.3) is 16.6 Å². The van der Waals surface area contributed by atoms with Gasteiger partial charge in [0.1, 0.15) is 0 Å². The van der Waals surface area contributed by atoms with Gasteiger partial charge in [-0.05, 0) is 54.5 Å². The summed E-state index contributed by atoms with van der Waals surface area (Å²) in [6.45, 7) is 0.512. The Morgan fingerprint density at radius 1 is 1.00 bits per heavy atom. The second kappa shape index (κ2) is 9.70. The van der Waals surface area contributed by atoms with Crippen LogP contribution < -0.4 is 20.3 Å². The van der Waals surface area contributed by atoms with E-state index in [4.69, 9.17) is 21.7 Å². The molecule has 0 atom stereocenters. The molecule has 8 heteroatoms. The first kappa shape index (κ1) is 22.3. The Bertz CT molecular complexity index is 1430. The number of hydrogen-bond acceptors (Lipinski definition) is 5. The molecule has 4 aromatic rings. The molecule has 0 spiro atoms. The van der Waals surface area contributed by atoms with Gasteiger partial charge in [-0.3, -0.25) is 14.2 Å². The summed E-state index contributed by atoms with van der Waals surface area (Å²) in [5.74, 6) is 0.822. The molecular weight excluding hydrogens is 438 g/mol. The van der Waals surface area contributed by atoms with Crippen molar-refractivity contribution in [3.63, 3.8) is 0 Å². The molecule has 0 aliphatic carbocycles. The van der Waals surface area contributed by atoms with Crippen molar-refractivity contribution in [2.75, 3.05) is 20.8 Å². The average Bonchev–Trinajstić information content (AvgIpc) is 2.84. The second-order valence-corrected chi connectivity index (χ2v) is 7.75. The van der Waals surface area contributed by atoms with E-state index in [1.807, 2.05) is 30.3 Å². The lowest BCUT2D eigenvalue weighted by molar-refractivity contribution is 0.0954. The van der Waals surface area contributed by atoms with Gasteiger partial charge in [0.15, 0.2) is 16.3 Å². The minimum atomic E-state index is -0.294. The van der Waals surface area contributed by atoms with Crippen LogP contribution in [0.5, 0.6) is 11.5 Å². The van der Waals surface area contributed by atoms with E-state index in [1.165, 1.54) is 11.7 Å². The van der Waals surface area contributed by atoms with E-state index >= 15 is 0 Å². The van der Waals surface area contributed by atoms with E-state index in [1.54, 1.807) is 43.5 Å². The Hall–Kier alpha value is -3.91. The maximum Gasteiger partial charge on any atom is 0.266 e. The summed E-state index contributed by atoms with van der Waals surface area (Å²) in [7, 11) is 3.07. The number of methoxy groups -OCH3 is 2. The number of nitrogens with one attached hydrogen (secondary N) is 2. The minimum absolute atomic E-state index is 0.210. The van der Waals surface area contributed by atoms with Crippen LogP contribution in [0.1, 0.15) is 15.9 Å². The number of amides is 1. The van der Waals surface area contributed by atoms with E-state index < -0.39 is 0 Å². The zero-order chi connectivity index (χ0) is 23.4. The number of carbonyl (C=O) groups excluding carboxylic acids is 1. The predicted octanol–water partition coefficient (Wildman–Crippen LogP) is 4.04. The standard InChI is InChI=1S/C25H23N3O4S/c1-31-21-11-9-18(15-22(21)32-2)28-24(30)19-10-8-17(14-20(19)27-25(28)33)23(29)26-13-12-16-6-4-3-5-7-16/h3-11,14-15H,12-13H2,1-2H3,(H,26,29)(H,27,33). The van der Waals surface area contributed by atoms with Gasteiger partial charge in [0.05, 0.1) is 30.8 Å². The van der Waals surface area contributed by atoms with E-state index in [-0.39, 0.29) is 16.2 Å². The average molecular weight is 462 g/mol. The van der Waals surface area contributed by atoms with Crippen LogP contribution in [-0.4, -0.2) is 36.2 Å². The van der Waals surface area contributed by atoms with Crippen molar-refractivity contribution in [2.24, 2.45) is 0 Å². The molecule has 0 saturated heterocycles. The molecule has 168 valence electrons. The Morgan fingerprint density at radius 3 is 2.48 bits per heavy atom. The van der Waals surface area contributed by atoms with Crippen LogP contribution in [0.3, 0.4) is 0 Å². The van der Waals surface area contributed by atoms with Crippen LogP contribution in [-0.2, 0) is 6.42 Å². The van der Waals surface area contributed by atoms with E-state index in [9.17, 15) is 9.59 Å². The summed E-state index contributed by atoms with van der Waals surface area (Å²) in [5.41, 5.74) is 2.35. The zero-order valence-corrected chi connectivity index (χ0v) is 19.1. The molecule has 3 aromatic carbocycles. The molecule has 1 heterocycles. The lowest BCUT2D eigenvalue weighted by Gasteiger charge is -2.12. The third kappa shape index (κ3) is 4.65. The highest BCUT2D eigenvalue weighted by Crippen LogP contribution is 2.29. The van der Waals surface area contributed by atoms with Crippen LogP contribution >= 0.6 is 12.2 Å². The van der Waals surface area contributed by atoms with Gasteiger partial charge in [0.2, 0.25) is 0 Å². The number of benzene rings is 3. The molecule has 0 aliphatic rings. The number of aromatic amines is 1. The third-order valence-corrected chi connectivity index (χ3v) is 5.61. The van der Waals surface area contributed by atoms with Gasteiger partial charge in [-0.15, -0.1) is 0 Å². The maximum atomic E-state index is 13.2. The summed E-state index contributed by atoms with van der Waals surface area (Å²) in [6, 6.07) is 20.0. The van der Waals surface area contributed by atoms with Gasteiger partial charge in [-0.25, -0.2) is 0 Å². The molecule has 2 N–H and O–H groups in total. The summed E-state index contributed by atoms with van der Waals surface area (Å²) >= 11 is 5.46. The second-order valence-electron chi connectivity index (χ2n) is 7.36. The number of ether oxygens (including phenoxy) is 2. The van der Waals surface area contributed by atoms with Gasteiger partial charge >= 0.3 is 0 Å². The van der Waals surface area contributed by atoms with Gasteiger partial charge in [-0.1, -0.05) is 30.3 Å². The molecule has 1 aromatic heterocycles. The molecular formula is C25H23N3O4S. The van der Waals surface area contributed by atoms with Gasteiger partial charge in [0, 0.05) is 18.2 Å². The minimum Gasteiger partial charge on any atom is -0.493 e. The van der Waals surface area contributed by atoms with Crippen molar-refractivity contribution in [2.45, 2.75) is 6.42 Å². The number of carbonyl (C=O) groups is 1. The van der Waals surface area contributed by atoms with Crippen molar-refractivity contribution in [1.82, 2.24) is 14.9 Å². The zero-order valence-electron chi connectivity index (χ0n) is 18.3. The lowest BCUT2D eigenvalue weighted by atomic mass is 10.1.